The molecular weight excluding hydrogens is 325 g/mol. The van der Waals surface area contributed by atoms with Crippen LogP contribution < -0.4 is 4.74 Å². The Balaban J connectivity index is 2.45. The maximum atomic E-state index is 14.2. The Bertz CT molecular complexity index is 719. The van der Waals surface area contributed by atoms with E-state index in [4.69, 9.17) is 9.84 Å². The van der Waals surface area contributed by atoms with Crippen molar-refractivity contribution >= 4 is 16.0 Å². The molecule has 128 valence electrons. The van der Waals surface area contributed by atoms with Crippen LogP contribution in [0.5, 0.6) is 5.75 Å². The molecule has 1 aromatic carbocycles. The van der Waals surface area contributed by atoms with Gasteiger partial charge in [-0.05, 0) is 38.8 Å². The molecule has 2 atom stereocenters. The van der Waals surface area contributed by atoms with Crippen LogP contribution in [0.25, 0.3) is 0 Å². The highest BCUT2D eigenvalue weighted by molar-refractivity contribution is 7.89. The maximum absolute atomic E-state index is 14.2. The summed E-state index contributed by atoms with van der Waals surface area (Å²) in [5, 5.41) is 9.15. The Morgan fingerprint density at radius 2 is 2.04 bits per heavy atom. The molecule has 0 amide bonds. The summed E-state index contributed by atoms with van der Waals surface area (Å²) in [6.07, 6.45) is 0.881. The topological polar surface area (TPSA) is 83.9 Å². The second-order valence-corrected chi connectivity index (χ2v) is 7.60. The van der Waals surface area contributed by atoms with Crippen LogP contribution in [0, 0.1) is 18.7 Å². The summed E-state index contributed by atoms with van der Waals surface area (Å²) in [5.41, 5.74) is -0.0333. The molecule has 1 aliphatic rings. The van der Waals surface area contributed by atoms with E-state index in [1.807, 2.05) is 0 Å². The molecule has 8 heteroatoms. The average Bonchev–Trinajstić information content (AvgIpc) is 2.49. The molecular formula is C15H20FNO5S. The van der Waals surface area contributed by atoms with E-state index in [1.54, 1.807) is 6.92 Å². The minimum atomic E-state index is -3.98. The molecule has 0 spiro atoms. The van der Waals surface area contributed by atoms with Crippen molar-refractivity contribution in [1.29, 1.82) is 0 Å². The fourth-order valence-electron chi connectivity index (χ4n) is 2.82. The number of carboxylic acids is 1. The van der Waals surface area contributed by atoms with Gasteiger partial charge in [0.05, 0.1) is 17.9 Å². The highest BCUT2D eigenvalue weighted by Gasteiger charge is 2.38. The first kappa shape index (κ1) is 17.7. The minimum Gasteiger partial charge on any atom is -0.494 e. The second kappa shape index (κ2) is 6.45. The number of hydrogen-bond acceptors (Lipinski definition) is 4. The number of carbonyl (C=O) groups is 1. The lowest BCUT2D eigenvalue weighted by Gasteiger charge is -2.35. The molecule has 0 radical (unpaired) electrons. The molecule has 1 heterocycles. The zero-order chi connectivity index (χ0) is 17.4. The number of sulfonamides is 1. The van der Waals surface area contributed by atoms with Crippen molar-refractivity contribution in [3.63, 3.8) is 0 Å². The number of methoxy groups -OCH3 is 1. The largest absolute Gasteiger partial charge is 0.494 e. The summed E-state index contributed by atoms with van der Waals surface area (Å²) in [5.74, 6) is -2.52. The summed E-state index contributed by atoms with van der Waals surface area (Å²) >= 11 is 0. The third-order valence-corrected chi connectivity index (χ3v) is 6.41. The van der Waals surface area contributed by atoms with Crippen LogP contribution in [0.2, 0.25) is 0 Å². The van der Waals surface area contributed by atoms with Gasteiger partial charge in [0.15, 0.2) is 11.6 Å². The van der Waals surface area contributed by atoms with Crippen LogP contribution >= 0.6 is 0 Å². The van der Waals surface area contributed by atoms with E-state index in [1.165, 1.54) is 26.2 Å². The normalized spacial score (nSPS) is 22.8. The van der Waals surface area contributed by atoms with Crippen molar-refractivity contribution in [2.24, 2.45) is 5.92 Å². The summed E-state index contributed by atoms with van der Waals surface area (Å²) in [4.78, 5) is 11.0. The number of carboxylic acid groups (broad SMARTS) is 1. The molecule has 0 bridgehead atoms. The molecule has 1 fully saturated rings. The zero-order valence-corrected chi connectivity index (χ0v) is 14.1. The Morgan fingerprint density at radius 3 is 2.61 bits per heavy atom. The molecule has 1 saturated heterocycles. The standard InChI is InChI=1S/C15H20FNO5S/c1-9-4-5-11(15(18)19)8-17(9)23(20,21)13-7-6-12(22-3)14(16)10(13)2/h6-7,9,11H,4-5,8H2,1-3H3,(H,18,19). The number of nitrogens with zero attached hydrogens (tertiary/aromatic N) is 1. The monoisotopic (exact) mass is 345 g/mol. The Hall–Kier alpha value is -1.67. The van der Waals surface area contributed by atoms with Gasteiger partial charge in [0, 0.05) is 18.2 Å². The van der Waals surface area contributed by atoms with Crippen LogP contribution in [0.1, 0.15) is 25.3 Å². The minimum absolute atomic E-state index is 0.0310. The van der Waals surface area contributed by atoms with Crippen molar-refractivity contribution < 1.29 is 27.4 Å². The van der Waals surface area contributed by atoms with Gasteiger partial charge in [-0.1, -0.05) is 0 Å². The van der Waals surface area contributed by atoms with E-state index < -0.39 is 27.7 Å². The molecule has 0 saturated carbocycles. The van der Waals surface area contributed by atoms with Crippen molar-refractivity contribution in [2.45, 2.75) is 37.6 Å². The summed E-state index contributed by atoms with van der Waals surface area (Å²) in [6.45, 7) is 2.99. The lowest BCUT2D eigenvalue weighted by molar-refractivity contribution is -0.143. The average molecular weight is 345 g/mol. The van der Waals surface area contributed by atoms with Crippen LogP contribution in [0.3, 0.4) is 0 Å². The molecule has 0 aliphatic carbocycles. The third kappa shape index (κ3) is 3.18. The number of aliphatic carboxylic acids is 1. The van der Waals surface area contributed by atoms with Gasteiger partial charge in [0.25, 0.3) is 0 Å². The van der Waals surface area contributed by atoms with Gasteiger partial charge in [-0.3, -0.25) is 4.79 Å². The lowest BCUT2D eigenvalue weighted by atomic mass is 9.96. The number of benzene rings is 1. The fourth-order valence-corrected chi connectivity index (χ4v) is 4.74. The number of rotatable bonds is 4. The van der Waals surface area contributed by atoms with Gasteiger partial charge < -0.3 is 9.84 Å². The molecule has 1 aliphatic heterocycles. The van der Waals surface area contributed by atoms with Crippen molar-refractivity contribution in [3.05, 3.63) is 23.5 Å². The lowest BCUT2D eigenvalue weighted by Crippen LogP contribution is -2.47. The third-order valence-electron chi connectivity index (χ3n) is 4.28. The number of hydrogen-bond donors (Lipinski definition) is 1. The quantitative estimate of drug-likeness (QED) is 0.902. The van der Waals surface area contributed by atoms with Crippen LogP contribution in [-0.2, 0) is 14.8 Å². The SMILES string of the molecule is COc1ccc(S(=O)(=O)N2CC(C(=O)O)CCC2C)c(C)c1F. The Kier molecular flexibility index (Phi) is 4.95. The number of halogens is 1. The number of piperidine rings is 1. The molecule has 6 nitrogen and oxygen atoms in total. The van der Waals surface area contributed by atoms with E-state index in [0.717, 1.165) is 4.31 Å². The van der Waals surface area contributed by atoms with Gasteiger partial charge in [-0.25, -0.2) is 12.8 Å². The summed E-state index contributed by atoms with van der Waals surface area (Å²) in [7, 11) is -2.68. The van der Waals surface area contributed by atoms with E-state index in [9.17, 15) is 17.6 Å². The highest BCUT2D eigenvalue weighted by atomic mass is 32.2. The van der Waals surface area contributed by atoms with Crippen molar-refractivity contribution in [3.8, 4) is 5.75 Å². The highest BCUT2D eigenvalue weighted by Crippen LogP contribution is 2.32. The first-order valence-electron chi connectivity index (χ1n) is 7.27. The predicted octanol–water partition coefficient (Wildman–Crippen LogP) is 2.02. The molecule has 0 aromatic heterocycles. The van der Waals surface area contributed by atoms with Crippen LogP contribution in [0.15, 0.2) is 17.0 Å². The first-order chi connectivity index (χ1) is 10.7. The van der Waals surface area contributed by atoms with Gasteiger partial charge in [-0.15, -0.1) is 0 Å². The Labute approximate surface area is 134 Å². The fraction of sp³-hybridized carbons (Fsp3) is 0.533. The van der Waals surface area contributed by atoms with E-state index >= 15 is 0 Å². The predicted molar refractivity (Wildman–Crippen MR) is 81.4 cm³/mol. The van der Waals surface area contributed by atoms with Gasteiger partial charge in [0.1, 0.15) is 0 Å². The first-order valence-corrected chi connectivity index (χ1v) is 8.72. The molecule has 2 rings (SSSR count). The molecule has 23 heavy (non-hydrogen) atoms. The molecule has 2 unspecified atom stereocenters. The van der Waals surface area contributed by atoms with E-state index in [0.29, 0.717) is 12.8 Å². The molecule has 1 aromatic rings. The van der Waals surface area contributed by atoms with Gasteiger partial charge >= 0.3 is 5.97 Å². The smallest absolute Gasteiger partial charge is 0.307 e. The van der Waals surface area contributed by atoms with Gasteiger partial charge in [-0.2, -0.15) is 4.31 Å². The van der Waals surface area contributed by atoms with E-state index in [2.05, 4.69) is 0 Å². The Morgan fingerprint density at radius 1 is 1.39 bits per heavy atom. The van der Waals surface area contributed by atoms with Crippen LogP contribution in [0.4, 0.5) is 4.39 Å². The van der Waals surface area contributed by atoms with Crippen molar-refractivity contribution in [1.82, 2.24) is 4.31 Å². The number of ether oxygens (including phenoxy) is 1. The van der Waals surface area contributed by atoms with Crippen LogP contribution in [-0.4, -0.2) is 43.5 Å². The second-order valence-electron chi connectivity index (χ2n) is 5.74. The summed E-state index contributed by atoms with van der Waals surface area (Å²) < 4.78 is 45.9. The zero-order valence-electron chi connectivity index (χ0n) is 13.2. The molecule has 1 N–H and O–H groups in total. The van der Waals surface area contributed by atoms with E-state index in [-0.39, 0.29) is 28.8 Å². The summed E-state index contributed by atoms with van der Waals surface area (Å²) in [6, 6.07) is 2.22. The maximum Gasteiger partial charge on any atom is 0.307 e. The van der Waals surface area contributed by atoms with Crippen molar-refractivity contribution in [2.75, 3.05) is 13.7 Å². The van der Waals surface area contributed by atoms with Gasteiger partial charge in [0.2, 0.25) is 10.0 Å².